The maximum absolute atomic E-state index is 3.54. The summed E-state index contributed by atoms with van der Waals surface area (Å²) in [6, 6.07) is 7.70. The molecule has 0 radical (unpaired) electrons. The molecule has 2 atom stereocenters. The van der Waals surface area contributed by atoms with Gasteiger partial charge in [0.2, 0.25) is 0 Å². The molecule has 1 nitrogen and oxygen atoms in total. The molecule has 0 spiro atoms. The van der Waals surface area contributed by atoms with Crippen LogP contribution in [0, 0.1) is 5.41 Å². The van der Waals surface area contributed by atoms with Crippen LogP contribution in [-0.4, -0.2) is 7.05 Å². The first-order valence-electron chi connectivity index (χ1n) is 7.77. The van der Waals surface area contributed by atoms with Gasteiger partial charge in [0.25, 0.3) is 0 Å². The molecule has 2 unspecified atom stereocenters. The lowest BCUT2D eigenvalue weighted by Crippen LogP contribution is -2.22. The lowest BCUT2D eigenvalue weighted by Gasteiger charge is -2.27. The number of hydrogen-bond acceptors (Lipinski definition) is 1. The van der Waals surface area contributed by atoms with E-state index in [0.717, 1.165) is 0 Å². The zero-order valence-corrected chi connectivity index (χ0v) is 13.2. The van der Waals surface area contributed by atoms with Gasteiger partial charge in [0, 0.05) is 6.04 Å². The molecule has 0 aliphatic heterocycles. The summed E-state index contributed by atoms with van der Waals surface area (Å²) in [4.78, 5) is 0. The van der Waals surface area contributed by atoms with E-state index in [1.807, 2.05) is 0 Å². The summed E-state index contributed by atoms with van der Waals surface area (Å²) in [5.74, 6) is 0.666. The summed E-state index contributed by atoms with van der Waals surface area (Å²) in [5.41, 5.74) is 5.03. The molecule has 0 fully saturated rings. The minimum atomic E-state index is 0.434. The van der Waals surface area contributed by atoms with Crippen LogP contribution in [0.5, 0.6) is 0 Å². The summed E-state index contributed by atoms with van der Waals surface area (Å²) in [6.07, 6.45) is 4.97. The Morgan fingerprint density at radius 3 is 2.74 bits per heavy atom. The Bertz CT molecular complexity index is 433. The predicted octanol–water partition coefficient (Wildman–Crippen LogP) is 4.82. The normalized spacial score (nSPS) is 23.5. The van der Waals surface area contributed by atoms with Crippen LogP contribution in [0.25, 0.3) is 0 Å². The Labute approximate surface area is 118 Å². The first-order chi connectivity index (χ1) is 8.96. The molecular formula is C18H29N. The number of aryl methyl sites for hydroxylation is 1. The molecule has 0 aromatic heterocycles. The van der Waals surface area contributed by atoms with E-state index < -0.39 is 0 Å². The van der Waals surface area contributed by atoms with Crippen LogP contribution in [0.1, 0.15) is 75.6 Å². The van der Waals surface area contributed by atoms with Gasteiger partial charge in [-0.15, -0.1) is 0 Å². The van der Waals surface area contributed by atoms with Crippen molar-refractivity contribution in [3.63, 3.8) is 0 Å². The highest BCUT2D eigenvalue weighted by molar-refractivity contribution is 5.37. The molecule has 2 rings (SSSR count). The standard InChI is InChI=1S/C18H29N/c1-6-13(2)15-8-7-14-9-10-18(3,4)12-17(19-5)16(14)11-15/h7-8,11,13,17,19H,6,9-10,12H2,1-5H3. The number of rotatable bonds is 3. The highest BCUT2D eigenvalue weighted by Crippen LogP contribution is 2.40. The Morgan fingerprint density at radius 1 is 1.37 bits per heavy atom. The van der Waals surface area contributed by atoms with Crippen LogP contribution >= 0.6 is 0 Å². The van der Waals surface area contributed by atoms with Gasteiger partial charge in [-0.1, -0.05) is 45.9 Å². The molecule has 0 saturated heterocycles. The Morgan fingerprint density at radius 2 is 2.11 bits per heavy atom. The van der Waals surface area contributed by atoms with Gasteiger partial charge in [-0.2, -0.15) is 0 Å². The first-order valence-corrected chi connectivity index (χ1v) is 7.77. The lowest BCUT2D eigenvalue weighted by molar-refractivity contribution is 0.279. The molecule has 0 amide bonds. The molecule has 106 valence electrons. The first kappa shape index (κ1) is 14.6. The Hall–Kier alpha value is -0.820. The molecular weight excluding hydrogens is 230 g/mol. The Balaban J connectivity index is 2.39. The summed E-state index contributed by atoms with van der Waals surface area (Å²) < 4.78 is 0. The molecule has 1 aliphatic carbocycles. The van der Waals surface area contributed by atoms with Crippen molar-refractivity contribution in [1.29, 1.82) is 0 Å². The van der Waals surface area contributed by atoms with Crippen molar-refractivity contribution >= 4 is 0 Å². The summed E-state index contributed by atoms with van der Waals surface area (Å²) in [7, 11) is 2.10. The average Bonchev–Trinajstić information content (AvgIpc) is 2.54. The van der Waals surface area contributed by atoms with E-state index >= 15 is 0 Å². The molecule has 1 aliphatic rings. The van der Waals surface area contributed by atoms with Crippen LogP contribution in [-0.2, 0) is 6.42 Å². The maximum atomic E-state index is 3.54. The molecule has 0 heterocycles. The van der Waals surface area contributed by atoms with Gasteiger partial charge in [-0.3, -0.25) is 0 Å². The second-order valence-electron chi connectivity index (χ2n) is 6.98. The van der Waals surface area contributed by atoms with Gasteiger partial charge < -0.3 is 5.32 Å². The molecule has 0 bridgehead atoms. The molecule has 19 heavy (non-hydrogen) atoms. The van der Waals surface area contributed by atoms with Crippen molar-refractivity contribution in [1.82, 2.24) is 5.32 Å². The third kappa shape index (κ3) is 3.20. The highest BCUT2D eigenvalue weighted by Gasteiger charge is 2.28. The van der Waals surface area contributed by atoms with E-state index in [4.69, 9.17) is 0 Å². The second kappa shape index (κ2) is 5.66. The van der Waals surface area contributed by atoms with E-state index in [9.17, 15) is 0 Å². The zero-order valence-electron chi connectivity index (χ0n) is 13.2. The van der Waals surface area contributed by atoms with E-state index in [1.165, 1.54) is 31.2 Å². The second-order valence-corrected chi connectivity index (χ2v) is 6.98. The molecule has 0 saturated carbocycles. The fourth-order valence-electron chi connectivity index (χ4n) is 3.20. The third-order valence-electron chi connectivity index (χ3n) is 4.90. The van der Waals surface area contributed by atoms with Gasteiger partial charge >= 0.3 is 0 Å². The smallest absolute Gasteiger partial charge is 0.0325 e. The van der Waals surface area contributed by atoms with Crippen molar-refractivity contribution in [2.45, 2.75) is 65.3 Å². The Kier molecular flexibility index (Phi) is 4.35. The maximum Gasteiger partial charge on any atom is 0.0325 e. The lowest BCUT2D eigenvalue weighted by atomic mass is 9.83. The van der Waals surface area contributed by atoms with E-state index in [2.05, 4.69) is 58.3 Å². The van der Waals surface area contributed by atoms with Gasteiger partial charge in [0.05, 0.1) is 0 Å². The van der Waals surface area contributed by atoms with Gasteiger partial charge in [-0.05, 0) is 60.8 Å². The summed E-state index contributed by atoms with van der Waals surface area (Å²) in [6.45, 7) is 9.41. The number of benzene rings is 1. The SMILES string of the molecule is CCC(C)c1ccc2c(c1)C(NC)CC(C)(C)CC2. The van der Waals surface area contributed by atoms with Crippen LogP contribution in [0.2, 0.25) is 0 Å². The average molecular weight is 259 g/mol. The fourth-order valence-corrected chi connectivity index (χ4v) is 3.20. The number of hydrogen-bond donors (Lipinski definition) is 1. The molecule has 1 aromatic carbocycles. The van der Waals surface area contributed by atoms with Crippen molar-refractivity contribution in [2.75, 3.05) is 7.05 Å². The van der Waals surface area contributed by atoms with E-state index in [0.29, 0.717) is 17.4 Å². The summed E-state index contributed by atoms with van der Waals surface area (Å²) >= 11 is 0. The number of fused-ring (bicyclic) bond motifs is 1. The summed E-state index contributed by atoms with van der Waals surface area (Å²) in [5, 5.41) is 3.54. The van der Waals surface area contributed by atoms with E-state index in [1.54, 1.807) is 11.1 Å². The van der Waals surface area contributed by atoms with E-state index in [-0.39, 0.29) is 0 Å². The van der Waals surface area contributed by atoms with Crippen LogP contribution in [0.4, 0.5) is 0 Å². The van der Waals surface area contributed by atoms with Crippen LogP contribution in [0.3, 0.4) is 0 Å². The van der Waals surface area contributed by atoms with Crippen LogP contribution < -0.4 is 5.32 Å². The third-order valence-corrected chi connectivity index (χ3v) is 4.90. The van der Waals surface area contributed by atoms with Gasteiger partial charge in [-0.25, -0.2) is 0 Å². The van der Waals surface area contributed by atoms with Gasteiger partial charge in [0.1, 0.15) is 0 Å². The van der Waals surface area contributed by atoms with Crippen molar-refractivity contribution in [2.24, 2.45) is 5.41 Å². The molecule has 1 heteroatoms. The number of nitrogens with one attached hydrogen (secondary N) is 1. The largest absolute Gasteiger partial charge is 0.313 e. The minimum absolute atomic E-state index is 0.434. The van der Waals surface area contributed by atoms with Crippen molar-refractivity contribution < 1.29 is 0 Å². The molecule has 1 aromatic rings. The minimum Gasteiger partial charge on any atom is -0.313 e. The molecule has 1 N–H and O–H groups in total. The highest BCUT2D eigenvalue weighted by atomic mass is 14.9. The van der Waals surface area contributed by atoms with Crippen LogP contribution in [0.15, 0.2) is 18.2 Å². The monoisotopic (exact) mass is 259 g/mol. The quantitative estimate of drug-likeness (QED) is 0.767. The van der Waals surface area contributed by atoms with Gasteiger partial charge in [0.15, 0.2) is 0 Å². The fraction of sp³-hybridized carbons (Fsp3) is 0.667. The topological polar surface area (TPSA) is 12.0 Å². The van der Waals surface area contributed by atoms with Crippen molar-refractivity contribution in [3.05, 3.63) is 34.9 Å². The zero-order chi connectivity index (χ0) is 14.0. The van der Waals surface area contributed by atoms with Crippen molar-refractivity contribution in [3.8, 4) is 0 Å². The predicted molar refractivity (Wildman–Crippen MR) is 83.7 cm³/mol.